The van der Waals surface area contributed by atoms with E-state index in [1.807, 2.05) is 0 Å². The predicted molar refractivity (Wildman–Crippen MR) is 83.4 cm³/mol. The van der Waals surface area contributed by atoms with Crippen LogP contribution < -0.4 is 10.4 Å². The summed E-state index contributed by atoms with van der Waals surface area (Å²) in [6.07, 6.45) is 2.68. The minimum absolute atomic E-state index is 0.0676. The van der Waals surface area contributed by atoms with E-state index in [0.717, 1.165) is 5.56 Å². The lowest BCUT2D eigenvalue weighted by Crippen LogP contribution is -2.13. The van der Waals surface area contributed by atoms with Gasteiger partial charge in [-0.25, -0.2) is 18.3 Å². The van der Waals surface area contributed by atoms with Crippen molar-refractivity contribution in [1.29, 1.82) is 0 Å². The van der Waals surface area contributed by atoms with Crippen LogP contribution in [-0.2, 0) is 17.1 Å². The van der Waals surface area contributed by atoms with Gasteiger partial charge in [-0.1, -0.05) is 12.1 Å². The maximum absolute atomic E-state index is 12.4. The molecular weight excluding hydrogens is 320 g/mol. The molecule has 9 nitrogen and oxygen atoms in total. The normalized spacial score (nSPS) is 11.6. The average Bonchev–Trinajstić information content (AvgIpc) is 3.10. The molecule has 120 valence electrons. The van der Waals surface area contributed by atoms with Crippen molar-refractivity contribution in [2.24, 2.45) is 7.05 Å². The van der Waals surface area contributed by atoms with Gasteiger partial charge in [-0.3, -0.25) is 14.4 Å². The molecule has 10 heteroatoms. The quantitative estimate of drug-likeness (QED) is 0.644. The molecule has 0 radical (unpaired) electrons. The number of anilines is 1. The Hall–Kier alpha value is -2.88. The van der Waals surface area contributed by atoms with E-state index in [-0.39, 0.29) is 4.90 Å². The first-order valence-electron chi connectivity index (χ1n) is 6.62. The van der Waals surface area contributed by atoms with Crippen molar-refractivity contribution in [2.75, 3.05) is 4.72 Å². The number of hydrogen-bond acceptors (Lipinski definition) is 5. The van der Waals surface area contributed by atoms with Crippen LogP contribution in [0.4, 0.5) is 5.69 Å². The average molecular weight is 334 g/mol. The molecule has 0 saturated heterocycles. The lowest BCUT2D eigenvalue weighted by atomic mass is 10.1. The largest absolute Gasteiger partial charge is 0.340 e. The Morgan fingerprint density at radius 1 is 1.30 bits per heavy atom. The summed E-state index contributed by atoms with van der Waals surface area (Å²) in [5.74, 6) is 0.330. The van der Waals surface area contributed by atoms with Crippen molar-refractivity contribution in [2.45, 2.75) is 11.8 Å². The molecule has 0 aliphatic rings. The Morgan fingerprint density at radius 2 is 2.09 bits per heavy atom. The van der Waals surface area contributed by atoms with E-state index in [0.29, 0.717) is 17.1 Å². The molecule has 3 N–H and O–H groups in total. The van der Waals surface area contributed by atoms with Gasteiger partial charge in [0.15, 0.2) is 5.82 Å². The van der Waals surface area contributed by atoms with Gasteiger partial charge in [-0.2, -0.15) is 10.2 Å². The molecule has 0 amide bonds. The van der Waals surface area contributed by atoms with Gasteiger partial charge in [-0.05, 0) is 18.6 Å². The minimum Gasteiger partial charge on any atom is -0.289 e. The number of aromatic amines is 2. The molecule has 0 aliphatic carbocycles. The van der Waals surface area contributed by atoms with Crippen LogP contribution in [0.3, 0.4) is 0 Å². The summed E-state index contributed by atoms with van der Waals surface area (Å²) in [5, 5.41) is 9.96. The van der Waals surface area contributed by atoms with Crippen LogP contribution in [0.5, 0.6) is 0 Å². The van der Waals surface area contributed by atoms with Gasteiger partial charge in [0.25, 0.3) is 10.0 Å². The zero-order valence-corrected chi connectivity index (χ0v) is 13.2. The summed E-state index contributed by atoms with van der Waals surface area (Å²) < 4.78 is 28.7. The first-order chi connectivity index (χ1) is 10.8. The van der Waals surface area contributed by atoms with E-state index in [9.17, 15) is 13.2 Å². The van der Waals surface area contributed by atoms with Gasteiger partial charge in [0.2, 0.25) is 0 Å². The Labute approximate surface area is 131 Å². The Bertz CT molecular complexity index is 1010. The van der Waals surface area contributed by atoms with Gasteiger partial charge in [-0.15, -0.1) is 0 Å². The van der Waals surface area contributed by atoms with E-state index in [4.69, 9.17) is 0 Å². The first kappa shape index (κ1) is 15.0. The number of aryl methyl sites for hydroxylation is 2. The summed E-state index contributed by atoms with van der Waals surface area (Å²) in [6.45, 7) is 1.78. The van der Waals surface area contributed by atoms with E-state index < -0.39 is 15.7 Å². The molecule has 1 aromatic carbocycles. The van der Waals surface area contributed by atoms with E-state index in [2.05, 4.69) is 25.0 Å². The van der Waals surface area contributed by atoms with Crippen LogP contribution in [0.15, 0.2) is 40.3 Å². The third kappa shape index (κ3) is 3.01. The van der Waals surface area contributed by atoms with Crippen molar-refractivity contribution in [3.63, 3.8) is 0 Å². The third-order valence-electron chi connectivity index (χ3n) is 3.25. The molecule has 0 bridgehead atoms. The monoisotopic (exact) mass is 334 g/mol. The molecule has 0 aliphatic heterocycles. The molecule has 2 heterocycles. The Morgan fingerprint density at radius 3 is 2.70 bits per heavy atom. The van der Waals surface area contributed by atoms with Gasteiger partial charge in [0.1, 0.15) is 4.90 Å². The zero-order chi connectivity index (χ0) is 16.6. The SMILES string of the molecule is Cc1ccc(-c2n[nH]c(=O)[nH]2)cc1NS(=O)(=O)c1cnn(C)c1. The zero-order valence-electron chi connectivity index (χ0n) is 12.4. The van der Waals surface area contributed by atoms with Crippen LogP contribution in [0.25, 0.3) is 11.4 Å². The van der Waals surface area contributed by atoms with Crippen LogP contribution >= 0.6 is 0 Å². The number of benzene rings is 1. The standard InChI is InChI=1S/C13H14N6O3S/c1-8-3-4-9(12-15-13(20)17-16-12)5-11(8)18-23(21,22)10-6-14-19(2)7-10/h3-7,18H,1-2H3,(H2,15,16,17,20). The molecule has 2 aromatic heterocycles. The predicted octanol–water partition coefficient (Wildman–Crippen LogP) is 0.608. The summed E-state index contributed by atoms with van der Waals surface area (Å²) >= 11 is 0. The van der Waals surface area contributed by atoms with Crippen molar-refractivity contribution < 1.29 is 8.42 Å². The second kappa shape index (κ2) is 5.39. The van der Waals surface area contributed by atoms with E-state index in [1.165, 1.54) is 17.1 Å². The van der Waals surface area contributed by atoms with Gasteiger partial charge in [0.05, 0.1) is 11.9 Å². The number of hydrogen-bond donors (Lipinski definition) is 3. The molecule has 0 saturated carbocycles. The fraction of sp³-hybridized carbons (Fsp3) is 0.154. The number of rotatable bonds is 4. The second-order valence-corrected chi connectivity index (χ2v) is 6.69. The highest BCUT2D eigenvalue weighted by Gasteiger charge is 2.18. The molecule has 3 aromatic rings. The van der Waals surface area contributed by atoms with Crippen LogP contribution in [0, 0.1) is 6.92 Å². The molecular formula is C13H14N6O3S. The van der Waals surface area contributed by atoms with Crippen LogP contribution in [0.2, 0.25) is 0 Å². The molecule has 0 atom stereocenters. The highest BCUT2D eigenvalue weighted by Crippen LogP contribution is 2.24. The first-order valence-corrected chi connectivity index (χ1v) is 8.11. The van der Waals surface area contributed by atoms with Gasteiger partial charge in [0, 0.05) is 18.8 Å². The maximum Gasteiger partial charge on any atom is 0.340 e. The molecule has 0 unspecified atom stereocenters. The maximum atomic E-state index is 12.4. The smallest absolute Gasteiger partial charge is 0.289 e. The lowest BCUT2D eigenvalue weighted by molar-refractivity contribution is 0.601. The van der Waals surface area contributed by atoms with Crippen molar-refractivity contribution in [3.05, 3.63) is 46.6 Å². The van der Waals surface area contributed by atoms with Gasteiger partial charge >= 0.3 is 5.69 Å². The number of aromatic nitrogens is 5. The summed E-state index contributed by atoms with van der Waals surface area (Å²) in [6, 6.07) is 5.09. The van der Waals surface area contributed by atoms with Gasteiger partial charge < -0.3 is 0 Å². The summed E-state index contributed by atoms with van der Waals surface area (Å²) in [4.78, 5) is 13.7. The second-order valence-electron chi connectivity index (χ2n) is 5.01. The number of nitrogens with zero attached hydrogens (tertiary/aromatic N) is 3. The lowest BCUT2D eigenvalue weighted by Gasteiger charge is -2.10. The van der Waals surface area contributed by atoms with E-state index in [1.54, 1.807) is 32.2 Å². The third-order valence-corrected chi connectivity index (χ3v) is 4.57. The van der Waals surface area contributed by atoms with Crippen LogP contribution in [0.1, 0.15) is 5.56 Å². The molecule has 0 fully saturated rings. The topological polar surface area (TPSA) is 126 Å². The number of nitrogens with one attached hydrogen (secondary N) is 3. The molecule has 3 rings (SSSR count). The highest BCUT2D eigenvalue weighted by atomic mass is 32.2. The fourth-order valence-corrected chi connectivity index (χ4v) is 3.13. The van der Waals surface area contributed by atoms with E-state index >= 15 is 0 Å². The van der Waals surface area contributed by atoms with Crippen molar-refractivity contribution in [1.82, 2.24) is 25.0 Å². The fourth-order valence-electron chi connectivity index (χ4n) is 2.03. The van der Waals surface area contributed by atoms with Crippen LogP contribution in [-0.4, -0.2) is 33.4 Å². The molecule has 23 heavy (non-hydrogen) atoms. The Balaban J connectivity index is 1.98. The highest BCUT2D eigenvalue weighted by molar-refractivity contribution is 7.92. The summed E-state index contributed by atoms with van der Waals surface area (Å²) in [7, 11) is -2.10. The summed E-state index contributed by atoms with van der Waals surface area (Å²) in [5.41, 5.74) is 1.28. The van der Waals surface area contributed by atoms with Crippen molar-refractivity contribution in [3.8, 4) is 11.4 Å². The molecule has 0 spiro atoms. The number of sulfonamides is 1. The number of H-pyrrole nitrogens is 2. The minimum atomic E-state index is -3.74. The Kier molecular flexibility index (Phi) is 3.52. The van der Waals surface area contributed by atoms with Crippen molar-refractivity contribution >= 4 is 15.7 Å².